The quantitative estimate of drug-likeness (QED) is 0.394. The van der Waals surface area contributed by atoms with E-state index in [9.17, 15) is 9.18 Å². The minimum Gasteiger partial charge on any atom is -0.337 e. The predicted molar refractivity (Wildman–Crippen MR) is 133 cm³/mol. The van der Waals surface area contributed by atoms with Gasteiger partial charge in [0, 0.05) is 23.4 Å². The van der Waals surface area contributed by atoms with E-state index in [1.54, 1.807) is 12.1 Å². The molecule has 1 N–H and O–H groups in total. The van der Waals surface area contributed by atoms with Gasteiger partial charge in [0.2, 0.25) is 0 Å². The summed E-state index contributed by atoms with van der Waals surface area (Å²) in [5, 5.41) is 3.70. The third-order valence-electron chi connectivity index (χ3n) is 7.09. The Balaban J connectivity index is 1.59. The van der Waals surface area contributed by atoms with Crippen LogP contribution in [0.1, 0.15) is 36.8 Å². The average Bonchev–Trinajstić information content (AvgIpc) is 3.32. The van der Waals surface area contributed by atoms with Gasteiger partial charge in [-0.1, -0.05) is 36.1 Å². The van der Waals surface area contributed by atoms with Gasteiger partial charge in [-0.05, 0) is 68.6 Å². The number of hydrogen-bond acceptors (Lipinski definition) is 5. The molecule has 0 aliphatic carbocycles. The summed E-state index contributed by atoms with van der Waals surface area (Å²) in [7, 11) is 2.15. The maximum Gasteiger partial charge on any atom is 0.165 e. The largest absolute Gasteiger partial charge is 0.337 e. The zero-order chi connectivity index (χ0) is 23.9. The van der Waals surface area contributed by atoms with Gasteiger partial charge in [-0.3, -0.25) is 9.69 Å². The van der Waals surface area contributed by atoms with Gasteiger partial charge in [0.05, 0.1) is 21.8 Å². The molecule has 2 aliphatic heterocycles. The van der Waals surface area contributed by atoms with Crippen molar-refractivity contribution in [2.75, 3.05) is 12.4 Å². The van der Waals surface area contributed by atoms with E-state index in [1.165, 1.54) is 31.3 Å². The van der Waals surface area contributed by atoms with E-state index in [-0.39, 0.29) is 28.5 Å². The smallest absolute Gasteiger partial charge is 0.165 e. The zero-order valence-corrected chi connectivity index (χ0v) is 19.6. The number of halogens is 2. The Morgan fingerprint density at radius 3 is 2.85 bits per heavy atom. The lowest BCUT2D eigenvalue weighted by atomic mass is 9.88. The highest BCUT2D eigenvalue weighted by Crippen LogP contribution is 2.44. The molecule has 3 aromatic rings. The first kappa shape index (κ1) is 22.5. The molecule has 0 saturated carbocycles. The summed E-state index contributed by atoms with van der Waals surface area (Å²) in [5.41, 5.74) is 2.29. The second-order valence-corrected chi connectivity index (χ2v) is 9.35. The van der Waals surface area contributed by atoms with Gasteiger partial charge in [0.25, 0.3) is 0 Å². The summed E-state index contributed by atoms with van der Waals surface area (Å²) in [6, 6.07) is 9.08. The fourth-order valence-electron chi connectivity index (χ4n) is 5.06. The summed E-state index contributed by atoms with van der Waals surface area (Å²) in [6.07, 6.45) is 7.38. The van der Waals surface area contributed by atoms with Crippen molar-refractivity contribution in [2.45, 2.75) is 43.7 Å². The molecule has 5 nitrogen and oxygen atoms in total. The standard InChI is InChI=1S/C27H24ClFN4O/c1-3-20(34)13-18-14-21-24(15-17(18)7-10-27-11-8-19(9-12-27)33(27)2)30-16-31-26(21)32-23-6-4-5-22(28)25(23)29/h3-6,14-16,19H,1,8-9,11-13H2,2H3,(H,30,31,32). The van der Waals surface area contributed by atoms with Crippen molar-refractivity contribution < 1.29 is 9.18 Å². The molecule has 34 heavy (non-hydrogen) atoms. The third-order valence-corrected chi connectivity index (χ3v) is 7.38. The Labute approximate surface area is 203 Å². The predicted octanol–water partition coefficient (Wildman–Crippen LogP) is 5.44. The van der Waals surface area contributed by atoms with Crippen LogP contribution in [-0.2, 0) is 11.2 Å². The molecule has 0 atom stereocenters. The van der Waals surface area contributed by atoms with Gasteiger partial charge in [-0.15, -0.1) is 0 Å². The Morgan fingerprint density at radius 1 is 1.35 bits per heavy atom. The van der Waals surface area contributed by atoms with E-state index >= 15 is 0 Å². The molecule has 2 bridgehead atoms. The van der Waals surface area contributed by atoms with Crippen LogP contribution in [0.25, 0.3) is 10.9 Å². The molecule has 0 spiro atoms. The lowest BCUT2D eigenvalue weighted by Gasteiger charge is -2.25. The number of ketones is 1. The minimum absolute atomic E-state index is 0.0172. The molecule has 2 aliphatic rings. The van der Waals surface area contributed by atoms with E-state index in [2.05, 4.69) is 45.7 Å². The fourth-order valence-corrected chi connectivity index (χ4v) is 5.24. The molecular formula is C27H24ClFN4O. The van der Waals surface area contributed by atoms with Crippen molar-refractivity contribution in [1.82, 2.24) is 14.9 Å². The Morgan fingerprint density at radius 2 is 2.15 bits per heavy atom. The normalized spacial score (nSPS) is 21.3. The van der Waals surface area contributed by atoms with Gasteiger partial charge < -0.3 is 5.32 Å². The lowest BCUT2D eigenvalue weighted by molar-refractivity contribution is -0.114. The van der Waals surface area contributed by atoms with Crippen LogP contribution < -0.4 is 5.32 Å². The third kappa shape index (κ3) is 3.96. The number of anilines is 2. The molecule has 0 unspecified atom stereocenters. The van der Waals surface area contributed by atoms with E-state index in [4.69, 9.17) is 11.6 Å². The van der Waals surface area contributed by atoms with E-state index in [1.807, 2.05) is 12.1 Å². The zero-order valence-electron chi connectivity index (χ0n) is 18.9. The number of nitrogens with zero attached hydrogens (tertiary/aromatic N) is 3. The SMILES string of the molecule is C=CC(=O)Cc1cc2c(Nc3cccc(Cl)c3F)ncnc2cc1C#CC12CCC(CC1)N2C. The Kier molecular flexibility index (Phi) is 5.85. The van der Waals surface area contributed by atoms with E-state index in [0.717, 1.165) is 24.0 Å². The molecule has 0 radical (unpaired) electrons. The molecule has 2 fully saturated rings. The fraction of sp³-hybridized carbons (Fsp3) is 0.296. The van der Waals surface area contributed by atoms with Crippen molar-refractivity contribution in [3.63, 3.8) is 0 Å². The highest BCUT2D eigenvalue weighted by molar-refractivity contribution is 6.31. The van der Waals surface area contributed by atoms with E-state index in [0.29, 0.717) is 22.8 Å². The molecule has 2 aromatic carbocycles. The van der Waals surface area contributed by atoms with Crippen LogP contribution in [0.15, 0.2) is 49.3 Å². The Bertz CT molecular complexity index is 1370. The number of aromatic nitrogens is 2. The lowest BCUT2D eigenvalue weighted by Crippen LogP contribution is -2.36. The first-order valence-corrected chi connectivity index (χ1v) is 11.7. The van der Waals surface area contributed by atoms with Gasteiger partial charge in [0.15, 0.2) is 11.6 Å². The van der Waals surface area contributed by atoms with Gasteiger partial charge in [-0.25, -0.2) is 14.4 Å². The van der Waals surface area contributed by atoms with Gasteiger partial charge in [-0.2, -0.15) is 0 Å². The van der Waals surface area contributed by atoms with Gasteiger partial charge >= 0.3 is 0 Å². The molecule has 172 valence electrons. The number of fused-ring (bicyclic) bond motifs is 3. The maximum absolute atomic E-state index is 14.5. The van der Waals surface area contributed by atoms with E-state index < -0.39 is 5.82 Å². The second-order valence-electron chi connectivity index (χ2n) is 8.95. The number of allylic oxidation sites excluding steroid dienone is 1. The number of hydrogen-bond donors (Lipinski definition) is 1. The topological polar surface area (TPSA) is 58.1 Å². The summed E-state index contributed by atoms with van der Waals surface area (Å²) < 4.78 is 14.5. The van der Waals surface area contributed by atoms with Crippen LogP contribution in [0.2, 0.25) is 5.02 Å². The van der Waals surface area contributed by atoms with Crippen LogP contribution in [0.3, 0.4) is 0 Å². The summed E-state index contributed by atoms with van der Waals surface area (Å²) in [5.74, 6) is 6.66. The molecule has 2 saturated heterocycles. The molecule has 5 rings (SSSR count). The summed E-state index contributed by atoms with van der Waals surface area (Å²) >= 11 is 5.93. The average molecular weight is 475 g/mol. The second kappa shape index (κ2) is 8.83. The van der Waals surface area contributed by atoms with Crippen LogP contribution in [0, 0.1) is 17.7 Å². The van der Waals surface area contributed by atoms with Crippen molar-refractivity contribution >= 4 is 39.8 Å². The maximum atomic E-state index is 14.5. The van der Waals surface area contributed by atoms with Crippen LogP contribution >= 0.6 is 11.6 Å². The Hall–Kier alpha value is -3.27. The number of rotatable bonds is 5. The van der Waals surface area contributed by atoms with Crippen LogP contribution in [0.4, 0.5) is 15.9 Å². The number of nitrogens with one attached hydrogen (secondary N) is 1. The molecular weight excluding hydrogens is 451 g/mol. The monoisotopic (exact) mass is 474 g/mol. The molecule has 7 heteroatoms. The summed E-state index contributed by atoms with van der Waals surface area (Å²) in [4.78, 5) is 23.4. The number of benzene rings is 2. The first-order chi connectivity index (χ1) is 16.4. The molecule has 0 amide bonds. The number of carbonyl (C=O) groups is 1. The highest BCUT2D eigenvalue weighted by atomic mass is 35.5. The molecule has 3 heterocycles. The van der Waals surface area contributed by atoms with Crippen molar-refractivity contribution in [1.29, 1.82) is 0 Å². The van der Waals surface area contributed by atoms with Crippen LogP contribution in [-0.4, -0.2) is 39.3 Å². The first-order valence-electron chi connectivity index (χ1n) is 11.3. The van der Waals surface area contributed by atoms with Crippen molar-refractivity contribution in [2.24, 2.45) is 0 Å². The van der Waals surface area contributed by atoms with Crippen LogP contribution in [0.5, 0.6) is 0 Å². The molecule has 1 aromatic heterocycles. The minimum atomic E-state index is -0.560. The highest BCUT2D eigenvalue weighted by Gasteiger charge is 2.48. The van der Waals surface area contributed by atoms with Crippen molar-refractivity contribution in [3.8, 4) is 11.8 Å². The van der Waals surface area contributed by atoms with Crippen molar-refractivity contribution in [3.05, 3.63) is 71.3 Å². The number of carbonyl (C=O) groups excluding carboxylic acids is 1. The van der Waals surface area contributed by atoms with Gasteiger partial charge in [0.1, 0.15) is 12.1 Å². The summed E-state index contributed by atoms with van der Waals surface area (Å²) in [6.45, 7) is 3.61.